The van der Waals surface area contributed by atoms with Crippen molar-refractivity contribution in [3.63, 3.8) is 0 Å². The van der Waals surface area contributed by atoms with Crippen LogP contribution >= 0.6 is 0 Å². The SMILES string of the molecule is COc1c(C)cc(OC(F)(F)F)cc1CCC(C)C. The van der Waals surface area contributed by atoms with Gasteiger partial charge in [0.2, 0.25) is 0 Å². The van der Waals surface area contributed by atoms with E-state index in [9.17, 15) is 13.2 Å². The number of alkyl halides is 3. The third-order valence-electron chi connectivity index (χ3n) is 2.75. The first-order valence-corrected chi connectivity index (χ1v) is 6.16. The molecule has 0 saturated carbocycles. The van der Waals surface area contributed by atoms with Crippen LogP contribution in [0.4, 0.5) is 13.2 Å². The van der Waals surface area contributed by atoms with Crippen molar-refractivity contribution in [1.82, 2.24) is 0 Å². The van der Waals surface area contributed by atoms with Gasteiger partial charge in [-0.25, -0.2) is 0 Å². The molecule has 0 aromatic heterocycles. The first-order chi connectivity index (χ1) is 8.73. The zero-order valence-corrected chi connectivity index (χ0v) is 11.6. The topological polar surface area (TPSA) is 18.5 Å². The van der Waals surface area contributed by atoms with Crippen molar-refractivity contribution in [2.24, 2.45) is 5.92 Å². The molecule has 1 aromatic rings. The van der Waals surface area contributed by atoms with E-state index in [1.807, 2.05) is 0 Å². The van der Waals surface area contributed by atoms with Gasteiger partial charge in [0, 0.05) is 0 Å². The van der Waals surface area contributed by atoms with Crippen molar-refractivity contribution in [2.75, 3.05) is 7.11 Å². The highest BCUT2D eigenvalue weighted by Crippen LogP contribution is 2.33. The summed E-state index contributed by atoms with van der Waals surface area (Å²) >= 11 is 0. The summed E-state index contributed by atoms with van der Waals surface area (Å²) in [7, 11) is 1.52. The number of methoxy groups -OCH3 is 1. The van der Waals surface area contributed by atoms with Gasteiger partial charge >= 0.3 is 6.36 Å². The largest absolute Gasteiger partial charge is 0.573 e. The second-order valence-corrected chi connectivity index (χ2v) is 4.91. The van der Waals surface area contributed by atoms with Crippen molar-refractivity contribution >= 4 is 0 Å². The second kappa shape index (κ2) is 6.17. The van der Waals surface area contributed by atoms with Crippen LogP contribution < -0.4 is 9.47 Å². The van der Waals surface area contributed by atoms with Gasteiger partial charge in [-0.1, -0.05) is 13.8 Å². The molecule has 0 N–H and O–H groups in total. The zero-order valence-electron chi connectivity index (χ0n) is 11.6. The Hall–Kier alpha value is -1.39. The average molecular weight is 276 g/mol. The lowest BCUT2D eigenvalue weighted by Crippen LogP contribution is -2.17. The number of aryl methyl sites for hydroxylation is 2. The van der Waals surface area contributed by atoms with Gasteiger partial charge in [0.1, 0.15) is 11.5 Å². The molecule has 19 heavy (non-hydrogen) atoms. The molecule has 0 atom stereocenters. The zero-order chi connectivity index (χ0) is 14.6. The van der Waals surface area contributed by atoms with E-state index < -0.39 is 6.36 Å². The Balaban J connectivity index is 3.04. The van der Waals surface area contributed by atoms with E-state index in [1.54, 1.807) is 6.92 Å². The lowest BCUT2D eigenvalue weighted by Gasteiger charge is -2.16. The quantitative estimate of drug-likeness (QED) is 0.788. The Bertz CT molecular complexity index is 425. The first-order valence-electron chi connectivity index (χ1n) is 6.16. The molecule has 0 spiro atoms. The van der Waals surface area contributed by atoms with Gasteiger partial charge in [-0.05, 0) is 48.9 Å². The van der Waals surface area contributed by atoms with E-state index in [4.69, 9.17) is 4.74 Å². The van der Waals surface area contributed by atoms with E-state index in [2.05, 4.69) is 18.6 Å². The van der Waals surface area contributed by atoms with Crippen molar-refractivity contribution in [1.29, 1.82) is 0 Å². The molecule has 0 bridgehead atoms. The second-order valence-electron chi connectivity index (χ2n) is 4.91. The maximum absolute atomic E-state index is 12.2. The summed E-state index contributed by atoms with van der Waals surface area (Å²) in [5.41, 5.74) is 1.39. The average Bonchev–Trinajstić information content (AvgIpc) is 2.23. The van der Waals surface area contributed by atoms with Gasteiger partial charge < -0.3 is 9.47 Å². The number of benzene rings is 1. The summed E-state index contributed by atoms with van der Waals surface area (Å²) in [6, 6.07) is 2.74. The first kappa shape index (κ1) is 15.7. The summed E-state index contributed by atoms with van der Waals surface area (Å²) in [5.74, 6) is 0.914. The minimum atomic E-state index is -4.67. The molecule has 0 radical (unpaired) electrons. The molecule has 0 saturated heterocycles. The van der Waals surface area contributed by atoms with Gasteiger partial charge in [-0.3, -0.25) is 0 Å². The molecule has 0 unspecified atom stereocenters. The molecule has 1 aromatic carbocycles. The molecule has 0 amide bonds. The molecule has 0 aliphatic carbocycles. The van der Waals surface area contributed by atoms with Gasteiger partial charge in [-0.2, -0.15) is 0 Å². The van der Waals surface area contributed by atoms with Crippen LogP contribution in [0, 0.1) is 12.8 Å². The van der Waals surface area contributed by atoms with E-state index in [-0.39, 0.29) is 5.75 Å². The highest BCUT2D eigenvalue weighted by molar-refractivity contribution is 5.46. The molecule has 0 heterocycles. The van der Waals surface area contributed by atoms with Crippen molar-refractivity contribution in [3.05, 3.63) is 23.3 Å². The summed E-state index contributed by atoms with van der Waals surface area (Å²) < 4.78 is 46.0. The summed E-state index contributed by atoms with van der Waals surface area (Å²) in [5, 5.41) is 0. The number of hydrogen-bond acceptors (Lipinski definition) is 2. The molecular weight excluding hydrogens is 257 g/mol. The van der Waals surface area contributed by atoms with Gasteiger partial charge in [0.05, 0.1) is 7.11 Å². The predicted molar refractivity (Wildman–Crippen MR) is 67.6 cm³/mol. The molecule has 2 nitrogen and oxygen atoms in total. The molecule has 0 aliphatic rings. The van der Waals surface area contributed by atoms with Crippen LogP contribution in [0.5, 0.6) is 11.5 Å². The summed E-state index contributed by atoms with van der Waals surface area (Å²) in [6.45, 7) is 5.84. The predicted octanol–water partition coefficient (Wildman–Crippen LogP) is 4.49. The third-order valence-corrected chi connectivity index (χ3v) is 2.75. The summed E-state index contributed by atoms with van der Waals surface area (Å²) in [4.78, 5) is 0. The molecule has 108 valence electrons. The van der Waals surface area contributed by atoms with Crippen LogP contribution in [-0.2, 0) is 6.42 Å². The van der Waals surface area contributed by atoms with E-state index in [0.29, 0.717) is 23.7 Å². The highest BCUT2D eigenvalue weighted by atomic mass is 19.4. The van der Waals surface area contributed by atoms with Crippen molar-refractivity contribution in [2.45, 2.75) is 40.0 Å². The fraction of sp³-hybridized carbons (Fsp3) is 0.571. The summed E-state index contributed by atoms with van der Waals surface area (Å²) in [6.07, 6.45) is -3.13. The van der Waals surface area contributed by atoms with Crippen LogP contribution in [0.3, 0.4) is 0 Å². The van der Waals surface area contributed by atoms with Crippen LogP contribution in [0.1, 0.15) is 31.4 Å². The van der Waals surface area contributed by atoms with E-state index in [0.717, 1.165) is 12.0 Å². The Morgan fingerprint density at radius 2 is 1.84 bits per heavy atom. The lowest BCUT2D eigenvalue weighted by molar-refractivity contribution is -0.274. The van der Waals surface area contributed by atoms with E-state index in [1.165, 1.54) is 19.2 Å². The van der Waals surface area contributed by atoms with Crippen molar-refractivity contribution < 1.29 is 22.6 Å². The van der Waals surface area contributed by atoms with Crippen LogP contribution in [0.2, 0.25) is 0 Å². The highest BCUT2D eigenvalue weighted by Gasteiger charge is 2.31. The standard InChI is InChI=1S/C14H19F3O2/c1-9(2)5-6-11-8-12(19-14(15,16)17)7-10(3)13(11)18-4/h7-9H,5-6H2,1-4H3. The minimum Gasteiger partial charge on any atom is -0.496 e. The number of hydrogen-bond donors (Lipinski definition) is 0. The van der Waals surface area contributed by atoms with Gasteiger partial charge in [-0.15, -0.1) is 13.2 Å². The fourth-order valence-corrected chi connectivity index (χ4v) is 1.93. The van der Waals surface area contributed by atoms with Gasteiger partial charge in [0.25, 0.3) is 0 Å². The maximum Gasteiger partial charge on any atom is 0.573 e. The fourth-order valence-electron chi connectivity index (χ4n) is 1.93. The minimum absolute atomic E-state index is 0.190. The Labute approximate surface area is 111 Å². The normalized spacial score (nSPS) is 11.8. The molecule has 0 aliphatic heterocycles. The molecular formula is C14H19F3O2. The van der Waals surface area contributed by atoms with Crippen molar-refractivity contribution in [3.8, 4) is 11.5 Å². The number of ether oxygens (including phenoxy) is 2. The van der Waals surface area contributed by atoms with Crippen LogP contribution in [0.15, 0.2) is 12.1 Å². The molecule has 0 fully saturated rings. The Kier molecular flexibility index (Phi) is 5.09. The molecule has 1 rings (SSSR count). The number of rotatable bonds is 5. The monoisotopic (exact) mass is 276 g/mol. The van der Waals surface area contributed by atoms with Gasteiger partial charge in [0.15, 0.2) is 0 Å². The third kappa shape index (κ3) is 5.01. The maximum atomic E-state index is 12.2. The molecule has 5 heteroatoms. The Morgan fingerprint density at radius 3 is 2.32 bits per heavy atom. The smallest absolute Gasteiger partial charge is 0.496 e. The lowest BCUT2D eigenvalue weighted by atomic mass is 10.00. The van der Waals surface area contributed by atoms with E-state index >= 15 is 0 Å². The number of halogens is 3. The van der Waals surface area contributed by atoms with Crippen LogP contribution in [0.25, 0.3) is 0 Å². The Morgan fingerprint density at radius 1 is 1.21 bits per heavy atom. The van der Waals surface area contributed by atoms with Crippen LogP contribution in [-0.4, -0.2) is 13.5 Å².